The van der Waals surface area contributed by atoms with Crippen LogP contribution in [0, 0.1) is 6.92 Å². The van der Waals surface area contributed by atoms with E-state index in [1.54, 1.807) is 6.20 Å². The summed E-state index contributed by atoms with van der Waals surface area (Å²) < 4.78 is 5.43. The van der Waals surface area contributed by atoms with Gasteiger partial charge in [0, 0.05) is 13.0 Å². The van der Waals surface area contributed by atoms with Crippen molar-refractivity contribution in [1.82, 2.24) is 4.98 Å². The molecule has 0 saturated carbocycles. The van der Waals surface area contributed by atoms with Crippen LogP contribution in [0.1, 0.15) is 26.3 Å². The Labute approximate surface area is 89.7 Å². The van der Waals surface area contributed by atoms with Gasteiger partial charge in [0.1, 0.15) is 0 Å². The number of carbonyl (C=O) groups is 1. The second kappa shape index (κ2) is 4.77. The highest BCUT2D eigenvalue weighted by Crippen LogP contribution is 2.18. The summed E-state index contributed by atoms with van der Waals surface area (Å²) in [6.07, 6.45) is 1.71. The minimum absolute atomic E-state index is 0.0996. The number of aryl methyl sites for hydroxylation is 1. The summed E-state index contributed by atoms with van der Waals surface area (Å²) in [5, 5.41) is 2.70. The number of amides is 1. The molecule has 1 N–H and O–H groups in total. The molecule has 1 rings (SSSR count). The SMILES string of the molecule is CC(=O)Nc1cnc(OC(C)C)cc1C. The van der Waals surface area contributed by atoms with E-state index in [2.05, 4.69) is 10.3 Å². The van der Waals surface area contributed by atoms with Crippen LogP contribution in [0.5, 0.6) is 5.88 Å². The Morgan fingerprint density at radius 3 is 2.67 bits per heavy atom. The Balaban J connectivity index is 2.83. The topological polar surface area (TPSA) is 51.2 Å². The van der Waals surface area contributed by atoms with Crippen molar-refractivity contribution in [3.05, 3.63) is 17.8 Å². The maximum Gasteiger partial charge on any atom is 0.221 e. The van der Waals surface area contributed by atoms with Gasteiger partial charge in [0.25, 0.3) is 0 Å². The van der Waals surface area contributed by atoms with Crippen molar-refractivity contribution in [3.8, 4) is 5.88 Å². The quantitative estimate of drug-likeness (QED) is 0.827. The van der Waals surface area contributed by atoms with E-state index in [4.69, 9.17) is 4.74 Å². The number of pyridine rings is 1. The van der Waals surface area contributed by atoms with Crippen LogP contribution < -0.4 is 10.1 Å². The Hall–Kier alpha value is -1.58. The third-order valence-electron chi connectivity index (χ3n) is 1.75. The molecule has 0 spiro atoms. The van der Waals surface area contributed by atoms with E-state index in [9.17, 15) is 4.79 Å². The van der Waals surface area contributed by atoms with E-state index in [-0.39, 0.29) is 12.0 Å². The molecule has 0 bridgehead atoms. The maximum atomic E-state index is 10.9. The van der Waals surface area contributed by atoms with Crippen molar-refractivity contribution >= 4 is 11.6 Å². The molecule has 4 nitrogen and oxygen atoms in total. The molecular formula is C11H16N2O2. The van der Waals surface area contributed by atoms with E-state index < -0.39 is 0 Å². The molecular weight excluding hydrogens is 192 g/mol. The molecule has 0 aliphatic carbocycles. The summed E-state index contributed by atoms with van der Waals surface area (Å²) in [6.45, 7) is 7.26. The van der Waals surface area contributed by atoms with Crippen LogP contribution >= 0.6 is 0 Å². The lowest BCUT2D eigenvalue weighted by molar-refractivity contribution is -0.114. The van der Waals surface area contributed by atoms with E-state index in [1.807, 2.05) is 26.8 Å². The molecule has 4 heteroatoms. The first kappa shape index (κ1) is 11.5. The third-order valence-corrected chi connectivity index (χ3v) is 1.75. The zero-order valence-electron chi connectivity index (χ0n) is 9.50. The molecule has 0 aliphatic heterocycles. The average molecular weight is 208 g/mol. The molecule has 0 radical (unpaired) electrons. The summed E-state index contributed by atoms with van der Waals surface area (Å²) in [5.74, 6) is 0.481. The standard InChI is InChI=1S/C11H16N2O2/c1-7(2)15-11-5-8(3)10(6-12-11)13-9(4)14/h5-7H,1-4H3,(H,13,14). The van der Waals surface area contributed by atoms with Crippen LogP contribution in [0.2, 0.25) is 0 Å². The van der Waals surface area contributed by atoms with Crippen molar-refractivity contribution < 1.29 is 9.53 Å². The summed E-state index contributed by atoms with van der Waals surface area (Å²) >= 11 is 0. The van der Waals surface area contributed by atoms with Crippen LogP contribution in [-0.2, 0) is 4.79 Å². The van der Waals surface area contributed by atoms with Gasteiger partial charge in [-0.15, -0.1) is 0 Å². The molecule has 15 heavy (non-hydrogen) atoms. The van der Waals surface area contributed by atoms with Crippen molar-refractivity contribution in [2.24, 2.45) is 0 Å². The fraction of sp³-hybridized carbons (Fsp3) is 0.455. The molecule has 82 valence electrons. The number of ether oxygens (including phenoxy) is 1. The molecule has 0 saturated heterocycles. The lowest BCUT2D eigenvalue weighted by Crippen LogP contribution is -2.10. The van der Waals surface area contributed by atoms with E-state index in [1.165, 1.54) is 6.92 Å². The number of rotatable bonds is 3. The minimum Gasteiger partial charge on any atom is -0.475 e. The number of nitrogens with one attached hydrogen (secondary N) is 1. The Kier molecular flexibility index (Phi) is 3.66. The number of anilines is 1. The van der Waals surface area contributed by atoms with Gasteiger partial charge in [-0.05, 0) is 26.3 Å². The fourth-order valence-electron chi connectivity index (χ4n) is 1.16. The second-order valence-corrected chi connectivity index (χ2v) is 3.69. The third kappa shape index (κ3) is 3.58. The maximum absolute atomic E-state index is 10.9. The van der Waals surface area contributed by atoms with E-state index in [0.717, 1.165) is 11.3 Å². The summed E-state index contributed by atoms with van der Waals surface area (Å²) in [4.78, 5) is 15.0. The van der Waals surface area contributed by atoms with Crippen LogP contribution in [0.3, 0.4) is 0 Å². The average Bonchev–Trinajstić information content (AvgIpc) is 2.08. The summed E-state index contributed by atoms with van der Waals surface area (Å²) in [6, 6.07) is 1.81. The lowest BCUT2D eigenvalue weighted by atomic mass is 10.2. The molecule has 1 amide bonds. The highest BCUT2D eigenvalue weighted by molar-refractivity contribution is 5.89. The molecule has 0 atom stereocenters. The number of aromatic nitrogens is 1. The van der Waals surface area contributed by atoms with Gasteiger partial charge >= 0.3 is 0 Å². The number of nitrogens with zero attached hydrogens (tertiary/aromatic N) is 1. The molecule has 0 aromatic carbocycles. The van der Waals surface area contributed by atoms with E-state index in [0.29, 0.717) is 5.88 Å². The molecule has 1 heterocycles. The van der Waals surface area contributed by atoms with Gasteiger partial charge in [0.15, 0.2) is 0 Å². The van der Waals surface area contributed by atoms with Gasteiger partial charge in [-0.3, -0.25) is 4.79 Å². The molecule has 1 aromatic rings. The first-order chi connectivity index (χ1) is 6.99. The number of carbonyl (C=O) groups excluding carboxylic acids is 1. The largest absolute Gasteiger partial charge is 0.475 e. The molecule has 0 unspecified atom stereocenters. The van der Waals surface area contributed by atoms with E-state index >= 15 is 0 Å². The highest BCUT2D eigenvalue weighted by Gasteiger charge is 2.04. The molecule has 0 fully saturated rings. The number of hydrogen-bond acceptors (Lipinski definition) is 3. The van der Waals surface area contributed by atoms with Crippen LogP contribution in [-0.4, -0.2) is 17.0 Å². The van der Waals surface area contributed by atoms with Crippen molar-refractivity contribution in [2.45, 2.75) is 33.8 Å². The van der Waals surface area contributed by atoms with Gasteiger partial charge in [0.2, 0.25) is 11.8 Å². The smallest absolute Gasteiger partial charge is 0.221 e. The van der Waals surface area contributed by atoms with Crippen LogP contribution in [0.4, 0.5) is 5.69 Å². The normalized spacial score (nSPS) is 10.2. The second-order valence-electron chi connectivity index (χ2n) is 3.69. The van der Waals surface area contributed by atoms with Crippen LogP contribution in [0.25, 0.3) is 0 Å². The van der Waals surface area contributed by atoms with Gasteiger partial charge in [-0.2, -0.15) is 0 Å². The van der Waals surface area contributed by atoms with Gasteiger partial charge < -0.3 is 10.1 Å². The van der Waals surface area contributed by atoms with Gasteiger partial charge in [0.05, 0.1) is 18.0 Å². The van der Waals surface area contributed by atoms with Crippen LogP contribution in [0.15, 0.2) is 12.3 Å². The molecule has 1 aromatic heterocycles. The predicted octanol–water partition coefficient (Wildman–Crippen LogP) is 2.14. The highest BCUT2D eigenvalue weighted by atomic mass is 16.5. The van der Waals surface area contributed by atoms with Crippen molar-refractivity contribution in [3.63, 3.8) is 0 Å². The zero-order valence-corrected chi connectivity index (χ0v) is 9.50. The Bertz CT molecular complexity index is 362. The Morgan fingerprint density at radius 1 is 1.53 bits per heavy atom. The minimum atomic E-state index is -0.0996. The van der Waals surface area contributed by atoms with Crippen molar-refractivity contribution in [1.29, 1.82) is 0 Å². The number of hydrogen-bond donors (Lipinski definition) is 1. The first-order valence-electron chi connectivity index (χ1n) is 4.90. The monoisotopic (exact) mass is 208 g/mol. The first-order valence-corrected chi connectivity index (χ1v) is 4.90. The van der Waals surface area contributed by atoms with Gasteiger partial charge in [-0.1, -0.05) is 0 Å². The fourth-order valence-corrected chi connectivity index (χ4v) is 1.16. The van der Waals surface area contributed by atoms with Crippen molar-refractivity contribution in [2.75, 3.05) is 5.32 Å². The van der Waals surface area contributed by atoms with Gasteiger partial charge in [-0.25, -0.2) is 4.98 Å². The molecule has 0 aliphatic rings. The predicted molar refractivity (Wildman–Crippen MR) is 59.0 cm³/mol. The Morgan fingerprint density at radius 2 is 2.20 bits per heavy atom. The lowest BCUT2D eigenvalue weighted by Gasteiger charge is -2.11. The summed E-state index contributed by atoms with van der Waals surface area (Å²) in [7, 11) is 0. The zero-order chi connectivity index (χ0) is 11.4. The summed E-state index contributed by atoms with van der Waals surface area (Å²) in [5.41, 5.74) is 1.66.